The number of likely N-dealkylation sites (N-methyl/N-ethyl adjacent to an activating group) is 1. The molecule has 5 aliphatic rings. The Kier molecular flexibility index (Phi) is 3.71. The van der Waals surface area contributed by atoms with Crippen molar-refractivity contribution in [2.75, 3.05) is 20.2 Å². The van der Waals surface area contributed by atoms with E-state index in [2.05, 4.69) is 25.8 Å². The summed E-state index contributed by atoms with van der Waals surface area (Å²) in [6.45, 7) is 7.19. The van der Waals surface area contributed by atoms with Gasteiger partial charge in [-0.2, -0.15) is 0 Å². The molecule has 0 radical (unpaired) electrons. The van der Waals surface area contributed by atoms with Gasteiger partial charge in [-0.25, -0.2) is 0 Å². The highest BCUT2D eigenvalue weighted by Crippen LogP contribution is 2.69. The van der Waals surface area contributed by atoms with Crippen LogP contribution < -0.4 is 0 Å². The molecule has 0 bridgehead atoms. The minimum Gasteiger partial charge on any atom is -0.393 e. The molecule has 4 aliphatic carbocycles. The first-order valence-corrected chi connectivity index (χ1v) is 10.9. The normalized spacial score (nSPS) is 58.8. The van der Waals surface area contributed by atoms with Crippen molar-refractivity contribution in [1.29, 1.82) is 0 Å². The molecule has 0 amide bonds. The van der Waals surface area contributed by atoms with E-state index >= 15 is 0 Å². The van der Waals surface area contributed by atoms with Gasteiger partial charge in [-0.05, 0) is 93.9 Å². The van der Waals surface area contributed by atoms with E-state index in [4.69, 9.17) is 4.74 Å². The van der Waals surface area contributed by atoms with Crippen molar-refractivity contribution in [1.82, 2.24) is 4.90 Å². The molecule has 0 aromatic heterocycles. The minimum atomic E-state index is -0.0289. The molecule has 1 spiro atoms. The number of aliphatic hydroxyl groups excluding tert-OH is 1. The van der Waals surface area contributed by atoms with Crippen LogP contribution in [0.2, 0.25) is 0 Å². The highest BCUT2D eigenvalue weighted by Gasteiger charge is 2.67. The largest absolute Gasteiger partial charge is 0.393 e. The Labute approximate surface area is 153 Å². The zero-order valence-electron chi connectivity index (χ0n) is 16.5. The fraction of sp³-hybridized carbons (Fsp3) is 1.00. The maximum Gasteiger partial charge on any atom is 0.127 e. The molecule has 5 fully saturated rings. The molecule has 5 rings (SSSR count). The maximum atomic E-state index is 10.2. The summed E-state index contributed by atoms with van der Waals surface area (Å²) in [7, 11) is 2.30. The van der Waals surface area contributed by atoms with E-state index in [1.165, 1.54) is 44.9 Å². The standard InChI is InChI=1S/C22H37NO2/c1-20-9-6-16(24)14-15(20)4-5-17-18(20)7-10-21(2)19(17)8-11-22(21)23(3)12-13-25-22/h15-19,24H,4-14H2,1-3H3/t15-,16-,17-,18+,19+,20-,21-,22-/m0/s1. The van der Waals surface area contributed by atoms with Crippen LogP contribution in [0, 0.1) is 34.5 Å². The summed E-state index contributed by atoms with van der Waals surface area (Å²) < 4.78 is 6.50. The van der Waals surface area contributed by atoms with Gasteiger partial charge in [0.25, 0.3) is 0 Å². The van der Waals surface area contributed by atoms with E-state index in [-0.39, 0.29) is 11.8 Å². The van der Waals surface area contributed by atoms with E-state index < -0.39 is 0 Å². The molecule has 3 nitrogen and oxygen atoms in total. The fourth-order valence-electron chi connectivity index (χ4n) is 8.72. The predicted molar refractivity (Wildman–Crippen MR) is 99.0 cm³/mol. The number of fused-ring (bicyclic) bond motifs is 6. The number of rotatable bonds is 0. The van der Waals surface area contributed by atoms with E-state index in [1.54, 1.807) is 0 Å². The van der Waals surface area contributed by atoms with Gasteiger partial charge in [0.2, 0.25) is 0 Å². The highest BCUT2D eigenvalue weighted by atomic mass is 16.5. The Balaban J connectivity index is 1.46. The SMILES string of the molecule is CN1CCO[C@]12CC[C@@H]1[C@H]3CC[C@H]4C[C@@H](O)CC[C@]4(C)[C@@H]3CC[C@@]12C. The van der Waals surface area contributed by atoms with Crippen molar-refractivity contribution in [3.8, 4) is 0 Å². The number of hydrogen-bond acceptors (Lipinski definition) is 3. The van der Waals surface area contributed by atoms with Gasteiger partial charge in [0.1, 0.15) is 5.72 Å². The average molecular weight is 348 g/mol. The third-order valence-electron chi connectivity index (χ3n) is 10.1. The minimum absolute atomic E-state index is 0.0289. The van der Waals surface area contributed by atoms with Crippen molar-refractivity contribution in [3.63, 3.8) is 0 Å². The van der Waals surface area contributed by atoms with Gasteiger partial charge in [0, 0.05) is 12.0 Å². The van der Waals surface area contributed by atoms with E-state index in [0.29, 0.717) is 10.8 Å². The van der Waals surface area contributed by atoms with Crippen molar-refractivity contribution >= 4 is 0 Å². The van der Waals surface area contributed by atoms with Crippen LogP contribution in [0.4, 0.5) is 0 Å². The topological polar surface area (TPSA) is 32.7 Å². The lowest BCUT2D eigenvalue weighted by Crippen LogP contribution is -2.59. The van der Waals surface area contributed by atoms with Crippen LogP contribution in [0.1, 0.15) is 71.6 Å². The van der Waals surface area contributed by atoms with Crippen LogP contribution in [0.5, 0.6) is 0 Å². The molecule has 0 unspecified atom stereocenters. The van der Waals surface area contributed by atoms with Gasteiger partial charge >= 0.3 is 0 Å². The lowest BCUT2D eigenvalue weighted by molar-refractivity contribution is -0.196. The first-order valence-electron chi connectivity index (χ1n) is 10.9. The first-order chi connectivity index (χ1) is 11.9. The molecule has 1 N–H and O–H groups in total. The molecule has 0 aromatic carbocycles. The van der Waals surface area contributed by atoms with Crippen LogP contribution in [0.3, 0.4) is 0 Å². The third-order valence-corrected chi connectivity index (χ3v) is 10.1. The summed E-state index contributed by atoms with van der Waals surface area (Å²) in [6, 6.07) is 0. The smallest absolute Gasteiger partial charge is 0.127 e. The van der Waals surface area contributed by atoms with E-state index in [9.17, 15) is 5.11 Å². The van der Waals surface area contributed by atoms with E-state index in [1.807, 2.05) is 0 Å². The van der Waals surface area contributed by atoms with Gasteiger partial charge < -0.3 is 9.84 Å². The summed E-state index contributed by atoms with van der Waals surface area (Å²) >= 11 is 0. The monoisotopic (exact) mass is 347 g/mol. The molecule has 0 aromatic rings. The predicted octanol–water partition coefficient (Wildman–Crippen LogP) is 4.05. The molecule has 25 heavy (non-hydrogen) atoms. The molecule has 8 atom stereocenters. The van der Waals surface area contributed by atoms with Crippen LogP contribution >= 0.6 is 0 Å². The Morgan fingerprint density at radius 2 is 1.76 bits per heavy atom. The first kappa shape index (κ1) is 17.0. The van der Waals surface area contributed by atoms with Crippen LogP contribution in [0.25, 0.3) is 0 Å². The zero-order valence-corrected chi connectivity index (χ0v) is 16.5. The number of nitrogens with zero attached hydrogens (tertiary/aromatic N) is 1. The Hall–Kier alpha value is -0.120. The van der Waals surface area contributed by atoms with Gasteiger partial charge in [0.15, 0.2) is 0 Å². The number of aliphatic hydroxyl groups is 1. The maximum absolute atomic E-state index is 10.2. The molecule has 142 valence electrons. The summed E-state index contributed by atoms with van der Waals surface area (Å²) in [6.07, 6.45) is 11.4. The Bertz CT molecular complexity index is 552. The van der Waals surface area contributed by atoms with Crippen LogP contribution in [-0.2, 0) is 4.74 Å². The van der Waals surface area contributed by atoms with Crippen LogP contribution in [-0.4, -0.2) is 42.0 Å². The molecular weight excluding hydrogens is 310 g/mol. The molecular formula is C22H37NO2. The molecule has 1 heterocycles. The Morgan fingerprint density at radius 3 is 2.52 bits per heavy atom. The summed E-state index contributed by atoms with van der Waals surface area (Å²) in [5.74, 6) is 3.39. The van der Waals surface area contributed by atoms with Gasteiger partial charge in [0.05, 0.1) is 12.7 Å². The quantitative estimate of drug-likeness (QED) is 0.717. The molecule has 3 heteroatoms. The second-order valence-electron chi connectivity index (χ2n) is 10.6. The molecule has 1 aliphatic heterocycles. The summed E-state index contributed by atoms with van der Waals surface area (Å²) in [5, 5.41) is 10.2. The zero-order chi connectivity index (χ0) is 17.4. The van der Waals surface area contributed by atoms with Gasteiger partial charge in [-0.3, -0.25) is 4.90 Å². The third kappa shape index (κ3) is 2.04. The second-order valence-corrected chi connectivity index (χ2v) is 10.6. The van der Waals surface area contributed by atoms with Gasteiger partial charge in [-0.1, -0.05) is 13.8 Å². The lowest BCUT2D eigenvalue weighted by atomic mass is 9.44. The second kappa shape index (κ2) is 5.45. The Morgan fingerprint density at radius 1 is 0.960 bits per heavy atom. The van der Waals surface area contributed by atoms with Crippen molar-refractivity contribution in [2.45, 2.75) is 83.5 Å². The molecule has 1 saturated heterocycles. The number of hydrogen-bond donors (Lipinski definition) is 1. The van der Waals surface area contributed by atoms with Crippen molar-refractivity contribution < 1.29 is 9.84 Å². The highest BCUT2D eigenvalue weighted by molar-refractivity contribution is 5.15. The van der Waals surface area contributed by atoms with Gasteiger partial charge in [-0.15, -0.1) is 0 Å². The summed E-state index contributed by atoms with van der Waals surface area (Å²) in [4.78, 5) is 2.55. The average Bonchev–Trinajstić information content (AvgIpc) is 3.10. The lowest BCUT2D eigenvalue weighted by Gasteiger charge is -2.62. The van der Waals surface area contributed by atoms with Crippen molar-refractivity contribution in [3.05, 3.63) is 0 Å². The van der Waals surface area contributed by atoms with Crippen LogP contribution in [0.15, 0.2) is 0 Å². The van der Waals surface area contributed by atoms with Crippen molar-refractivity contribution in [2.24, 2.45) is 34.5 Å². The van der Waals surface area contributed by atoms with E-state index in [0.717, 1.165) is 49.7 Å². The summed E-state index contributed by atoms with van der Waals surface area (Å²) in [5.41, 5.74) is 0.863. The molecule has 4 saturated carbocycles. The fourth-order valence-corrected chi connectivity index (χ4v) is 8.72. The number of ether oxygens (including phenoxy) is 1.